The molecule has 1 amide bonds. The summed E-state index contributed by atoms with van der Waals surface area (Å²) in [6.07, 6.45) is 4.21. The smallest absolute Gasteiger partial charge is 0.236 e. The van der Waals surface area contributed by atoms with Gasteiger partial charge >= 0.3 is 0 Å². The van der Waals surface area contributed by atoms with Crippen molar-refractivity contribution >= 4 is 22.8 Å². The van der Waals surface area contributed by atoms with E-state index in [4.69, 9.17) is 5.26 Å². The standard InChI is InChI=1S/C15H18N6O/c1-10-4-7-21(13(22)2-5-16)8-12(10)20-15-11-3-6-17-14(11)18-9-19-15/h3,6,9-10,12H,2,4,7-8H2,1H3,(H2,17,18,19,20)/t10-,12+/m1/s1. The second kappa shape index (κ2) is 6.02. The molecule has 2 N–H and O–H groups in total. The second-order valence-corrected chi connectivity index (χ2v) is 5.65. The van der Waals surface area contributed by atoms with Gasteiger partial charge in [0, 0.05) is 25.3 Å². The van der Waals surface area contributed by atoms with Crippen molar-refractivity contribution < 1.29 is 4.79 Å². The van der Waals surface area contributed by atoms with Gasteiger partial charge < -0.3 is 15.2 Å². The molecular formula is C15H18N6O. The van der Waals surface area contributed by atoms with Crippen molar-refractivity contribution in [2.24, 2.45) is 5.92 Å². The number of rotatable bonds is 3. The number of hydrogen-bond donors (Lipinski definition) is 2. The Morgan fingerprint density at radius 1 is 1.59 bits per heavy atom. The van der Waals surface area contributed by atoms with E-state index in [9.17, 15) is 4.79 Å². The van der Waals surface area contributed by atoms with Crippen LogP contribution >= 0.6 is 0 Å². The third-order valence-electron chi connectivity index (χ3n) is 4.22. The van der Waals surface area contributed by atoms with Crippen LogP contribution in [0.15, 0.2) is 18.6 Å². The van der Waals surface area contributed by atoms with Crippen LogP contribution in [0.5, 0.6) is 0 Å². The van der Waals surface area contributed by atoms with Crippen molar-refractivity contribution in [1.82, 2.24) is 19.9 Å². The van der Waals surface area contributed by atoms with Gasteiger partial charge in [0.25, 0.3) is 0 Å². The predicted octanol–water partition coefficient (Wildman–Crippen LogP) is 1.52. The van der Waals surface area contributed by atoms with E-state index in [1.165, 1.54) is 6.33 Å². The lowest BCUT2D eigenvalue weighted by molar-refractivity contribution is -0.131. The Kier molecular flexibility index (Phi) is 3.92. The van der Waals surface area contributed by atoms with Crippen LogP contribution in [-0.4, -0.2) is 44.9 Å². The molecule has 1 aliphatic heterocycles. The Bertz CT molecular complexity index is 718. The van der Waals surface area contributed by atoms with Gasteiger partial charge in [0.05, 0.1) is 11.5 Å². The normalized spacial score (nSPS) is 21.5. The number of H-pyrrole nitrogens is 1. The van der Waals surface area contributed by atoms with E-state index in [1.54, 1.807) is 4.90 Å². The summed E-state index contributed by atoms with van der Waals surface area (Å²) in [4.78, 5) is 25.2. The fourth-order valence-electron chi connectivity index (χ4n) is 2.83. The summed E-state index contributed by atoms with van der Waals surface area (Å²) in [5.74, 6) is 1.10. The number of piperidine rings is 1. The molecule has 0 unspecified atom stereocenters. The van der Waals surface area contributed by atoms with E-state index in [-0.39, 0.29) is 18.4 Å². The summed E-state index contributed by atoms with van der Waals surface area (Å²) in [5, 5.41) is 13.1. The highest BCUT2D eigenvalue weighted by molar-refractivity contribution is 5.86. The molecule has 1 fully saturated rings. The van der Waals surface area contributed by atoms with Crippen LogP contribution in [0.2, 0.25) is 0 Å². The molecule has 114 valence electrons. The van der Waals surface area contributed by atoms with Gasteiger partial charge in [-0.05, 0) is 18.4 Å². The molecule has 1 saturated heterocycles. The minimum atomic E-state index is -0.101. The number of nitriles is 1. The van der Waals surface area contributed by atoms with Gasteiger partial charge in [-0.25, -0.2) is 9.97 Å². The number of likely N-dealkylation sites (tertiary alicyclic amines) is 1. The number of carbonyl (C=O) groups is 1. The van der Waals surface area contributed by atoms with Crippen molar-refractivity contribution in [2.45, 2.75) is 25.8 Å². The molecule has 2 atom stereocenters. The molecule has 3 rings (SSSR count). The highest BCUT2D eigenvalue weighted by Crippen LogP contribution is 2.24. The zero-order chi connectivity index (χ0) is 15.5. The van der Waals surface area contributed by atoms with Crippen molar-refractivity contribution in [2.75, 3.05) is 18.4 Å². The minimum Gasteiger partial charge on any atom is -0.365 e. The quantitative estimate of drug-likeness (QED) is 0.895. The van der Waals surface area contributed by atoms with Crippen LogP contribution < -0.4 is 5.32 Å². The maximum Gasteiger partial charge on any atom is 0.236 e. The van der Waals surface area contributed by atoms with E-state index in [2.05, 4.69) is 27.2 Å². The van der Waals surface area contributed by atoms with Gasteiger partial charge in [-0.1, -0.05) is 6.92 Å². The SMILES string of the molecule is C[C@@H]1CCN(C(=O)CC#N)C[C@@H]1Nc1ncnc2[nH]ccc12. The molecule has 0 aliphatic carbocycles. The van der Waals surface area contributed by atoms with Crippen molar-refractivity contribution in [3.63, 3.8) is 0 Å². The van der Waals surface area contributed by atoms with Gasteiger partial charge in [-0.15, -0.1) is 0 Å². The number of carbonyl (C=O) groups excluding carboxylic acids is 1. The van der Waals surface area contributed by atoms with Gasteiger partial charge in [0.1, 0.15) is 24.2 Å². The second-order valence-electron chi connectivity index (χ2n) is 5.65. The summed E-state index contributed by atoms with van der Waals surface area (Å²) in [6.45, 7) is 3.47. The molecule has 1 aliphatic rings. The van der Waals surface area contributed by atoms with Crippen molar-refractivity contribution in [3.8, 4) is 6.07 Å². The maximum atomic E-state index is 11.9. The van der Waals surface area contributed by atoms with E-state index in [0.29, 0.717) is 19.0 Å². The lowest BCUT2D eigenvalue weighted by atomic mass is 9.93. The molecule has 22 heavy (non-hydrogen) atoms. The number of amides is 1. The van der Waals surface area contributed by atoms with Crippen molar-refractivity contribution in [3.05, 3.63) is 18.6 Å². The zero-order valence-corrected chi connectivity index (χ0v) is 12.4. The number of nitrogens with zero attached hydrogens (tertiary/aromatic N) is 4. The Hall–Kier alpha value is -2.62. The molecule has 7 heteroatoms. The van der Waals surface area contributed by atoms with E-state index >= 15 is 0 Å². The average molecular weight is 298 g/mol. The van der Waals surface area contributed by atoms with Gasteiger partial charge in [-0.3, -0.25) is 4.79 Å². The number of anilines is 1. The number of aromatic amines is 1. The summed E-state index contributed by atoms with van der Waals surface area (Å²) in [6, 6.07) is 3.97. The fourth-order valence-corrected chi connectivity index (χ4v) is 2.83. The Balaban J connectivity index is 1.77. The minimum absolute atomic E-state index is 0.0589. The number of nitrogens with one attached hydrogen (secondary N) is 2. The molecule has 0 spiro atoms. The zero-order valence-electron chi connectivity index (χ0n) is 12.4. The van der Waals surface area contributed by atoms with Crippen LogP contribution in [0.4, 0.5) is 5.82 Å². The summed E-state index contributed by atoms with van der Waals surface area (Å²) in [7, 11) is 0. The number of hydrogen-bond acceptors (Lipinski definition) is 5. The molecule has 0 saturated carbocycles. The van der Waals surface area contributed by atoms with Gasteiger partial charge in [0.2, 0.25) is 5.91 Å². The lowest BCUT2D eigenvalue weighted by Gasteiger charge is -2.37. The van der Waals surface area contributed by atoms with Crippen LogP contribution in [0, 0.1) is 17.2 Å². The van der Waals surface area contributed by atoms with Gasteiger partial charge in [-0.2, -0.15) is 5.26 Å². The van der Waals surface area contributed by atoms with Crippen LogP contribution in [-0.2, 0) is 4.79 Å². The predicted molar refractivity (Wildman–Crippen MR) is 81.9 cm³/mol. The molecule has 0 bridgehead atoms. The Morgan fingerprint density at radius 2 is 2.45 bits per heavy atom. The molecule has 0 radical (unpaired) electrons. The first kappa shape index (κ1) is 14.3. The highest BCUT2D eigenvalue weighted by Gasteiger charge is 2.29. The van der Waals surface area contributed by atoms with E-state index in [1.807, 2.05) is 18.3 Å². The molecular weight excluding hydrogens is 280 g/mol. The molecule has 0 aromatic carbocycles. The van der Waals surface area contributed by atoms with Crippen LogP contribution in [0.3, 0.4) is 0 Å². The molecule has 3 heterocycles. The first-order valence-electron chi connectivity index (χ1n) is 7.38. The first-order chi connectivity index (χ1) is 10.7. The number of fused-ring (bicyclic) bond motifs is 1. The lowest BCUT2D eigenvalue weighted by Crippen LogP contribution is -2.49. The molecule has 2 aromatic heterocycles. The average Bonchev–Trinajstić information content (AvgIpc) is 2.99. The fraction of sp³-hybridized carbons (Fsp3) is 0.467. The van der Waals surface area contributed by atoms with E-state index < -0.39 is 0 Å². The van der Waals surface area contributed by atoms with Gasteiger partial charge in [0.15, 0.2) is 0 Å². The first-order valence-corrected chi connectivity index (χ1v) is 7.38. The Morgan fingerprint density at radius 3 is 3.27 bits per heavy atom. The molecule has 2 aromatic rings. The van der Waals surface area contributed by atoms with Crippen molar-refractivity contribution in [1.29, 1.82) is 5.26 Å². The van der Waals surface area contributed by atoms with Crippen LogP contribution in [0.1, 0.15) is 19.8 Å². The summed E-state index contributed by atoms with van der Waals surface area (Å²) in [5.41, 5.74) is 0.790. The van der Waals surface area contributed by atoms with E-state index in [0.717, 1.165) is 23.3 Å². The number of aromatic nitrogens is 3. The van der Waals surface area contributed by atoms with Crippen LogP contribution in [0.25, 0.3) is 11.0 Å². The summed E-state index contributed by atoms with van der Waals surface area (Å²) >= 11 is 0. The monoisotopic (exact) mass is 298 g/mol. The third-order valence-corrected chi connectivity index (χ3v) is 4.22. The summed E-state index contributed by atoms with van der Waals surface area (Å²) < 4.78 is 0. The third kappa shape index (κ3) is 2.72. The largest absolute Gasteiger partial charge is 0.365 e. The topological polar surface area (TPSA) is 97.7 Å². The molecule has 7 nitrogen and oxygen atoms in total. The maximum absolute atomic E-state index is 11.9. The highest BCUT2D eigenvalue weighted by atomic mass is 16.2. The Labute approximate surface area is 128 Å².